The molecule has 0 unspecified atom stereocenters. The summed E-state index contributed by atoms with van der Waals surface area (Å²) in [6.07, 6.45) is 1.20. The van der Waals surface area contributed by atoms with Crippen LogP contribution in [0, 0.1) is 11.8 Å². The quantitative estimate of drug-likeness (QED) is 0.697. The Kier molecular flexibility index (Phi) is 5.69. The fourth-order valence-corrected chi connectivity index (χ4v) is 4.91. The lowest BCUT2D eigenvalue weighted by atomic mass is 9.71. The first-order valence-electron chi connectivity index (χ1n) is 10.3. The molecule has 2 aliphatic rings. The van der Waals surface area contributed by atoms with Crippen LogP contribution in [0.5, 0.6) is 11.5 Å². The molecule has 0 spiro atoms. The second kappa shape index (κ2) is 8.12. The molecule has 6 heteroatoms. The highest BCUT2D eigenvalue weighted by Gasteiger charge is 2.51. The molecule has 30 heavy (non-hydrogen) atoms. The van der Waals surface area contributed by atoms with Gasteiger partial charge >= 0.3 is 5.97 Å². The van der Waals surface area contributed by atoms with Crippen molar-refractivity contribution in [3.05, 3.63) is 58.6 Å². The summed E-state index contributed by atoms with van der Waals surface area (Å²) in [6.45, 7) is 4.00. The summed E-state index contributed by atoms with van der Waals surface area (Å²) in [4.78, 5) is 12.1. The number of carbonyl (C=O) groups is 1. The molecule has 4 atom stereocenters. The Morgan fingerprint density at radius 3 is 2.80 bits per heavy atom. The fraction of sp³-hybridized carbons (Fsp3) is 0.458. The van der Waals surface area contributed by atoms with Crippen molar-refractivity contribution >= 4 is 17.6 Å². The Labute approximate surface area is 181 Å². The van der Waals surface area contributed by atoms with E-state index in [0.29, 0.717) is 24.3 Å². The minimum Gasteiger partial charge on any atom is -0.497 e. The number of hydrogen-bond acceptors (Lipinski definition) is 4. The third-order valence-electron chi connectivity index (χ3n) is 6.36. The highest BCUT2D eigenvalue weighted by molar-refractivity contribution is 6.30. The predicted molar refractivity (Wildman–Crippen MR) is 114 cm³/mol. The summed E-state index contributed by atoms with van der Waals surface area (Å²) >= 11 is 6.25. The van der Waals surface area contributed by atoms with Crippen LogP contribution < -0.4 is 9.47 Å². The van der Waals surface area contributed by atoms with Gasteiger partial charge in [0.2, 0.25) is 0 Å². The molecule has 4 rings (SSSR count). The SMILES string of the molecule is COc1cccc(CC[C@@H]2O[C@@H]3c4cc(Cl)ccc4OC(C)(C)[C@H]3C[C@@H]2C(=O)O)c1. The molecule has 160 valence electrons. The van der Waals surface area contributed by atoms with Crippen LogP contribution in [0.4, 0.5) is 0 Å². The zero-order valence-electron chi connectivity index (χ0n) is 17.4. The number of hydrogen-bond donors (Lipinski definition) is 1. The molecular weight excluding hydrogens is 404 g/mol. The van der Waals surface area contributed by atoms with Crippen molar-refractivity contribution in [2.24, 2.45) is 11.8 Å². The van der Waals surface area contributed by atoms with Crippen LogP contribution in [-0.2, 0) is 16.0 Å². The summed E-state index contributed by atoms with van der Waals surface area (Å²) in [5.74, 6) is 0.0718. The fourth-order valence-electron chi connectivity index (χ4n) is 4.73. The summed E-state index contributed by atoms with van der Waals surface area (Å²) in [6, 6.07) is 13.4. The number of methoxy groups -OCH3 is 1. The molecule has 0 bridgehead atoms. The van der Waals surface area contributed by atoms with Crippen molar-refractivity contribution in [3.8, 4) is 11.5 Å². The smallest absolute Gasteiger partial charge is 0.309 e. The van der Waals surface area contributed by atoms with E-state index in [9.17, 15) is 9.90 Å². The normalized spacial score (nSPS) is 26.8. The Bertz CT molecular complexity index is 941. The number of carboxylic acid groups (broad SMARTS) is 1. The molecule has 0 amide bonds. The maximum atomic E-state index is 12.1. The molecule has 2 heterocycles. The number of halogens is 1. The number of aliphatic carboxylic acids is 1. The molecule has 5 nitrogen and oxygen atoms in total. The van der Waals surface area contributed by atoms with E-state index in [2.05, 4.69) is 0 Å². The second-order valence-corrected chi connectivity index (χ2v) is 9.10. The molecule has 2 aromatic carbocycles. The molecule has 0 radical (unpaired) electrons. The van der Waals surface area contributed by atoms with Gasteiger partial charge < -0.3 is 19.3 Å². The molecule has 2 aromatic rings. The van der Waals surface area contributed by atoms with Crippen LogP contribution in [0.25, 0.3) is 0 Å². The Balaban J connectivity index is 1.61. The highest BCUT2D eigenvalue weighted by atomic mass is 35.5. The van der Waals surface area contributed by atoms with Crippen molar-refractivity contribution in [2.75, 3.05) is 7.11 Å². The van der Waals surface area contributed by atoms with E-state index >= 15 is 0 Å². The van der Waals surface area contributed by atoms with E-state index in [1.54, 1.807) is 13.2 Å². The van der Waals surface area contributed by atoms with Crippen LogP contribution >= 0.6 is 11.6 Å². The van der Waals surface area contributed by atoms with E-state index in [1.165, 1.54) is 0 Å². The predicted octanol–water partition coefficient (Wildman–Crippen LogP) is 5.30. The Hall–Kier alpha value is -2.24. The first-order chi connectivity index (χ1) is 14.3. The van der Waals surface area contributed by atoms with E-state index in [-0.39, 0.29) is 12.0 Å². The van der Waals surface area contributed by atoms with Crippen molar-refractivity contribution < 1.29 is 24.1 Å². The van der Waals surface area contributed by atoms with Crippen molar-refractivity contribution in [1.29, 1.82) is 0 Å². The third-order valence-corrected chi connectivity index (χ3v) is 6.59. The van der Waals surface area contributed by atoms with Gasteiger partial charge in [0, 0.05) is 16.5 Å². The number of carboxylic acids is 1. The monoisotopic (exact) mass is 430 g/mol. The lowest BCUT2D eigenvalue weighted by Gasteiger charge is -2.50. The zero-order chi connectivity index (χ0) is 21.5. The average molecular weight is 431 g/mol. The topological polar surface area (TPSA) is 65.0 Å². The van der Waals surface area contributed by atoms with Crippen molar-refractivity contribution in [3.63, 3.8) is 0 Å². The van der Waals surface area contributed by atoms with E-state index in [1.807, 2.05) is 50.2 Å². The van der Waals surface area contributed by atoms with Gasteiger partial charge in [0.1, 0.15) is 17.1 Å². The number of ether oxygens (including phenoxy) is 3. The average Bonchev–Trinajstić information content (AvgIpc) is 2.72. The largest absolute Gasteiger partial charge is 0.497 e. The Morgan fingerprint density at radius 2 is 2.07 bits per heavy atom. The molecule has 0 aliphatic carbocycles. The van der Waals surface area contributed by atoms with Crippen LogP contribution in [0.1, 0.15) is 43.9 Å². The molecule has 1 N–H and O–H groups in total. The molecule has 1 saturated heterocycles. The van der Waals surface area contributed by atoms with Gasteiger partial charge in [-0.25, -0.2) is 0 Å². The number of rotatable bonds is 5. The molecule has 0 saturated carbocycles. The standard InChI is InChI=1S/C24H27ClO5/c1-24(2)19-13-18(23(26)27)20(9-7-14-5-4-6-16(11-14)28-3)29-22(19)17-12-15(25)8-10-21(17)30-24/h4-6,8,10-12,18-20,22H,7,9,13H2,1-3H3,(H,26,27)/t18-,19-,20-,22+/m0/s1. The van der Waals surface area contributed by atoms with Crippen molar-refractivity contribution in [2.45, 2.75) is 50.9 Å². The summed E-state index contributed by atoms with van der Waals surface area (Å²) < 4.78 is 18.0. The lowest BCUT2D eigenvalue weighted by molar-refractivity contribution is -0.188. The van der Waals surface area contributed by atoms with Crippen LogP contribution in [0.15, 0.2) is 42.5 Å². The van der Waals surface area contributed by atoms with Gasteiger partial charge in [0.25, 0.3) is 0 Å². The van der Waals surface area contributed by atoms with Gasteiger partial charge in [0.05, 0.1) is 25.2 Å². The lowest BCUT2D eigenvalue weighted by Crippen LogP contribution is -2.52. The second-order valence-electron chi connectivity index (χ2n) is 8.66. The van der Waals surface area contributed by atoms with Gasteiger partial charge in [0.15, 0.2) is 0 Å². The highest BCUT2D eigenvalue weighted by Crippen LogP contribution is 2.52. The number of benzene rings is 2. The van der Waals surface area contributed by atoms with Gasteiger partial charge in [-0.3, -0.25) is 4.79 Å². The minimum atomic E-state index is -0.822. The third kappa shape index (κ3) is 4.01. The summed E-state index contributed by atoms with van der Waals surface area (Å²) in [7, 11) is 1.64. The Morgan fingerprint density at radius 1 is 1.27 bits per heavy atom. The first kappa shape index (κ1) is 21.0. The van der Waals surface area contributed by atoms with Crippen LogP contribution in [0.2, 0.25) is 5.02 Å². The van der Waals surface area contributed by atoms with Gasteiger partial charge in [-0.1, -0.05) is 23.7 Å². The van der Waals surface area contributed by atoms with E-state index in [4.69, 9.17) is 25.8 Å². The number of aryl methyl sites for hydroxylation is 1. The zero-order valence-corrected chi connectivity index (χ0v) is 18.2. The van der Waals surface area contributed by atoms with Crippen molar-refractivity contribution in [1.82, 2.24) is 0 Å². The summed E-state index contributed by atoms with van der Waals surface area (Å²) in [5.41, 5.74) is 1.47. The van der Waals surface area contributed by atoms with E-state index in [0.717, 1.165) is 22.6 Å². The van der Waals surface area contributed by atoms with Crippen LogP contribution in [-0.4, -0.2) is 29.9 Å². The maximum Gasteiger partial charge on any atom is 0.309 e. The molecule has 2 aliphatic heterocycles. The van der Waals surface area contributed by atoms with E-state index < -0.39 is 23.6 Å². The maximum absolute atomic E-state index is 12.1. The molecular formula is C24H27ClO5. The molecule has 0 aromatic heterocycles. The van der Waals surface area contributed by atoms with Crippen LogP contribution in [0.3, 0.4) is 0 Å². The van der Waals surface area contributed by atoms with Gasteiger partial charge in [-0.2, -0.15) is 0 Å². The summed E-state index contributed by atoms with van der Waals surface area (Å²) in [5, 5.41) is 10.5. The first-order valence-corrected chi connectivity index (χ1v) is 10.7. The van der Waals surface area contributed by atoms with Gasteiger partial charge in [-0.15, -0.1) is 0 Å². The molecule has 1 fully saturated rings. The number of fused-ring (bicyclic) bond motifs is 3. The minimum absolute atomic E-state index is 0.0716. The van der Waals surface area contributed by atoms with Gasteiger partial charge in [-0.05, 0) is 69.0 Å².